The summed E-state index contributed by atoms with van der Waals surface area (Å²) in [5.74, 6) is 1.12. The number of amides is 1. The highest BCUT2D eigenvalue weighted by molar-refractivity contribution is 5.90. The lowest BCUT2D eigenvalue weighted by atomic mass is 9.96. The van der Waals surface area contributed by atoms with E-state index in [0.717, 1.165) is 19.4 Å². The highest BCUT2D eigenvalue weighted by atomic mass is 16.2. The van der Waals surface area contributed by atoms with Gasteiger partial charge in [-0.2, -0.15) is 5.10 Å². The van der Waals surface area contributed by atoms with Crippen molar-refractivity contribution in [2.75, 3.05) is 6.54 Å². The van der Waals surface area contributed by atoms with Crippen LogP contribution in [0.3, 0.4) is 0 Å². The normalized spacial score (nSPS) is 25.6. The van der Waals surface area contributed by atoms with E-state index in [0.29, 0.717) is 17.8 Å². The van der Waals surface area contributed by atoms with E-state index in [1.807, 2.05) is 4.90 Å². The van der Waals surface area contributed by atoms with Crippen LogP contribution < -0.4 is 0 Å². The van der Waals surface area contributed by atoms with Crippen LogP contribution in [0, 0.1) is 5.92 Å². The molecule has 1 aliphatic carbocycles. The Balaban J connectivity index is 1.75. The van der Waals surface area contributed by atoms with Crippen molar-refractivity contribution < 1.29 is 4.79 Å². The van der Waals surface area contributed by atoms with Gasteiger partial charge in [0.25, 0.3) is 5.91 Å². The first kappa shape index (κ1) is 10.7. The van der Waals surface area contributed by atoms with Crippen molar-refractivity contribution in [3.63, 3.8) is 0 Å². The first-order valence-corrected chi connectivity index (χ1v) is 6.52. The van der Waals surface area contributed by atoms with Crippen molar-refractivity contribution in [1.82, 2.24) is 20.1 Å². The topological polar surface area (TPSA) is 61.9 Å². The lowest BCUT2D eigenvalue weighted by Gasteiger charge is -2.28. The quantitative estimate of drug-likeness (QED) is 0.845. The van der Waals surface area contributed by atoms with Gasteiger partial charge in [-0.1, -0.05) is 12.8 Å². The van der Waals surface area contributed by atoms with Crippen LogP contribution in [0.5, 0.6) is 0 Å². The van der Waals surface area contributed by atoms with Gasteiger partial charge >= 0.3 is 0 Å². The molecule has 1 atom stereocenters. The maximum atomic E-state index is 12.3. The third-order valence-electron chi connectivity index (χ3n) is 4.12. The summed E-state index contributed by atoms with van der Waals surface area (Å²) in [4.78, 5) is 18.2. The van der Waals surface area contributed by atoms with Gasteiger partial charge in [-0.25, -0.2) is 4.98 Å². The number of aromatic nitrogens is 3. The summed E-state index contributed by atoms with van der Waals surface area (Å²) in [5, 5.41) is 6.43. The Kier molecular flexibility index (Phi) is 2.82. The molecule has 1 unspecified atom stereocenters. The average molecular weight is 234 g/mol. The van der Waals surface area contributed by atoms with Crippen LogP contribution in [0.1, 0.15) is 49.1 Å². The predicted molar refractivity (Wildman–Crippen MR) is 62.4 cm³/mol. The Bertz CT molecular complexity index is 383. The third kappa shape index (κ3) is 1.94. The first-order chi connectivity index (χ1) is 8.36. The van der Waals surface area contributed by atoms with E-state index in [1.54, 1.807) is 0 Å². The molecule has 1 saturated heterocycles. The van der Waals surface area contributed by atoms with Gasteiger partial charge in [0.15, 0.2) is 0 Å². The zero-order valence-electron chi connectivity index (χ0n) is 9.93. The summed E-state index contributed by atoms with van der Waals surface area (Å²) in [6.07, 6.45) is 8.90. The van der Waals surface area contributed by atoms with Crippen molar-refractivity contribution in [3.8, 4) is 0 Å². The van der Waals surface area contributed by atoms with E-state index >= 15 is 0 Å². The van der Waals surface area contributed by atoms with Gasteiger partial charge in [0.2, 0.25) is 5.82 Å². The number of aromatic amines is 1. The monoisotopic (exact) mass is 234 g/mol. The van der Waals surface area contributed by atoms with Crippen LogP contribution in [0.2, 0.25) is 0 Å². The van der Waals surface area contributed by atoms with Gasteiger partial charge in [0, 0.05) is 12.6 Å². The second-order valence-corrected chi connectivity index (χ2v) is 5.09. The van der Waals surface area contributed by atoms with Crippen molar-refractivity contribution in [1.29, 1.82) is 0 Å². The standard InChI is InChI=1S/C12H18N4O/c17-12(11-13-8-14-15-11)16-7-3-6-10(16)9-4-1-2-5-9/h8-10H,1-7H2,(H,13,14,15). The minimum absolute atomic E-state index is 0.0249. The number of likely N-dealkylation sites (tertiary alicyclic amines) is 1. The minimum Gasteiger partial charge on any atom is -0.333 e. The highest BCUT2D eigenvalue weighted by Crippen LogP contribution is 2.35. The van der Waals surface area contributed by atoms with Gasteiger partial charge in [-0.15, -0.1) is 0 Å². The van der Waals surface area contributed by atoms with Gasteiger partial charge in [0.1, 0.15) is 6.33 Å². The first-order valence-electron chi connectivity index (χ1n) is 6.52. The van der Waals surface area contributed by atoms with Crippen molar-refractivity contribution in [3.05, 3.63) is 12.2 Å². The second-order valence-electron chi connectivity index (χ2n) is 5.09. The van der Waals surface area contributed by atoms with Crippen LogP contribution >= 0.6 is 0 Å². The molecular formula is C12H18N4O. The number of carbonyl (C=O) groups is 1. The average Bonchev–Trinajstić information content (AvgIpc) is 3.09. The number of H-pyrrole nitrogens is 1. The smallest absolute Gasteiger partial charge is 0.291 e. The molecule has 1 aromatic rings. The Morgan fingerprint density at radius 3 is 2.82 bits per heavy atom. The molecule has 17 heavy (non-hydrogen) atoms. The van der Waals surface area contributed by atoms with E-state index < -0.39 is 0 Å². The number of hydrogen-bond donors (Lipinski definition) is 1. The second kappa shape index (κ2) is 4.47. The summed E-state index contributed by atoms with van der Waals surface area (Å²) in [5.41, 5.74) is 0. The summed E-state index contributed by atoms with van der Waals surface area (Å²) in [6, 6.07) is 0.440. The molecule has 3 rings (SSSR count). The largest absolute Gasteiger partial charge is 0.333 e. The molecule has 0 bridgehead atoms. The zero-order chi connectivity index (χ0) is 11.7. The van der Waals surface area contributed by atoms with Crippen LogP contribution in [0.4, 0.5) is 0 Å². The molecule has 0 spiro atoms. The van der Waals surface area contributed by atoms with E-state index in [4.69, 9.17) is 0 Å². The number of rotatable bonds is 2. The Labute approximate surface area is 101 Å². The van der Waals surface area contributed by atoms with Crippen LogP contribution in [-0.4, -0.2) is 38.6 Å². The van der Waals surface area contributed by atoms with Crippen molar-refractivity contribution in [2.45, 2.75) is 44.6 Å². The SMILES string of the molecule is O=C(c1ncn[nH]1)N1CCCC1C1CCCC1. The fourth-order valence-electron chi connectivity index (χ4n) is 3.32. The molecule has 0 aromatic carbocycles. The van der Waals surface area contributed by atoms with E-state index in [9.17, 15) is 4.79 Å². The molecule has 2 aliphatic rings. The van der Waals surface area contributed by atoms with Gasteiger partial charge in [-0.05, 0) is 31.6 Å². The lowest BCUT2D eigenvalue weighted by molar-refractivity contribution is 0.0677. The number of nitrogens with zero attached hydrogens (tertiary/aromatic N) is 3. The molecule has 1 saturated carbocycles. The van der Waals surface area contributed by atoms with Crippen LogP contribution in [0.25, 0.3) is 0 Å². The van der Waals surface area contributed by atoms with Crippen molar-refractivity contribution in [2.24, 2.45) is 5.92 Å². The fourth-order valence-corrected chi connectivity index (χ4v) is 3.32. The molecule has 5 nitrogen and oxygen atoms in total. The summed E-state index contributed by atoms with van der Waals surface area (Å²) < 4.78 is 0. The number of hydrogen-bond acceptors (Lipinski definition) is 3. The van der Waals surface area contributed by atoms with Gasteiger partial charge < -0.3 is 4.90 Å². The molecule has 1 aliphatic heterocycles. The summed E-state index contributed by atoms with van der Waals surface area (Å²) >= 11 is 0. The molecular weight excluding hydrogens is 216 g/mol. The molecule has 5 heteroatoms. The molecule has 1 N–H and O–H groups in total. The molecule has 1 amide bonds. The fraction of sp³-hybridized carbons (Fsp3) is 0.750. The van der Waals surface area contributed by atoms with Crippen molar-refractivity contribution >= 4 is 5.91 Å². The van der Waals surface area contributed by atoms with E-state index in [1.165, 1.54) is 32.0 Å². The Morgan fingerprint density at radius 1 is 1.29 bits per heavy atom. The maximum Gasteiger partial charge on any atom is 0.291 e. The molecule has 92 valence electrons. The number of nitrogens with one attached hydrogen (secondary N) is 1. The summed E-state index contributed by atoms with van der Waals surface area (Å²) in [6.45, 7) is 0.876. The predicted octanol–water partition coefficient (Wildman–Crippen LogP) is 1.60. The Morgan fingerprint density at radius 2 is 2.12 bits per heavy atom. The van der Waals surface area contributed by atoms with Crippen LogP contribution in [0.15, 0.2) is 6.33 Å². The van der Waals surface area contributed by atoms with Crippen LogP contribution in [-0.2, 0) is 0 Å². The maximum absolute atomic E-state index is 12.3. The Hall–Kier alpha value is -1.39. The van der Waals surface area contributed by atoms with Gasteiger partial charge in [-0.3, -0.25) is 9.89 Å². The molecule has 1 aromatic heterocycles. The third-order valence-corrected chi connectivity index (χ3v) is 4.12. The summed E-state index contributed by atoms with van der Waals surface area (Å²) in [7, 11) is 0. The van der Waals surface area contributed by atoms with E-state index in [2.05, 4.69) is 15.2 Å². The lowest BCUT2D eigenvalue weighted by Crippen LogP contribution is -2.39. The molecule has 2 fully saturated rings. The zero-order valence-corrected chi connectivity index (χ0v) is 9.93. The van der Waals surface area contributed by atoms with E-state index in [-0.39, 0.29) is 5.91 Å². The highest BCUT2D eigenvalue weighted by Gasteiger charge is 2.36. The number of carbonyl (C=O) groups excluding carboxylic acids is 1. The molecule has 2 heterocycles. The van der Waals surface area contributed by atoms with Gasteiger partial charge in [0.05, 0.1) is 0 Å². The minimum atomic E-state index is 0.0249. The molecule has 0 radical (unpaired) electrons.